The third-order valence-electron chi connectivity index (χ3n) is 15.1. The second kappa shape index (κ2) is 7.52. The first-order valence-corrected chi connectivity index (χ1v) is 15.8. The molecule has 8 fully saturated rings. The first-order chi connectivity index (χ1) is 19.4. The van der Waals surface area contributed by atoms with Gasteiger partial charge in [0, 0.05) is 36.0 Å². The number of aliphatic hydroxyl groups excluding tert-OH is 1. The van der Waals surface area contributed by atoms with Crippen molar-refractivity contribution in [1.29, 1.82) is 0 Å². The molecular formula is C33H44O9. The topological polar surface area (TPSA) is 135 Å². The van der Waals surface area contributed by atoms with Gasteiger partial charge < -0.3 is 29.2 Å². The number of fused-ring (bicyclic) bond motifs is 9. The first-order valence-electron chi connectivity index (χ1n) is 15.8. The Kier molecular flexibility index (Phi) is 4.96. The summed E-state index contributed by atoms with van der Waals surface area (Å²) in [5, 5.41) is 23.9. The highest BCUT2D eigenvalue weighted by Gasteiger charge is 2.91. The van der Waals surface area contributed by atoms with Gasteiger partial charge in [0.05, 0.1) is 11.5 Å². The largest absolute Gasteiger partial charge is 0.461 e. The average molecular weight is 585 g/mol. The summed E-state index contributed by atoms with van der Waals surface area (Å²) in [5.41, 5.74) is -3.99. The molecule has 0 aromatic rings. The minimum atomic E-state index is -1.52. The van der Waals surface area contributed by atoms with Crippen molar-refractivity contribution in [3.8, 4) is 0 Å². The molecular weight excluding hydrogens is 540 g/mol. The van der Waals surface area contributed by atoms with Crippen LogP contribution in [0.25, 0.3) is 0 Å². The van der Waals surface area contributed by atoms with Crippen LogP contribution in [0, 0.1) is 69.5 Å². The Morgan fingerprint density at radius 2 is 1.67 bits per heavy atom. The van der Waals surface area contributed by atoms with E-state index < -0.39 is 69.5 Å². The second-order valence-corrected chi connectivity index (χ2v) is 16.0. The highest BCUT2D eigenvalue weighted by atomic mass is 16.8. The molecule has 230 valence electrons. The van der Waals surface area contributed by atoms with Gasteiger partial charge in [-0.1, -0.05) is 41.2 Å². The van der Waals surface area contributed by atoms with Crippen LogP contribution in [0.15, 0.2) is 12.3 Å². The van der Waals surface area contributed by atoms with Crippen LogP contribution in [-0.4, -0.2) is 69.7 Å². The Balaban J connectivity index is 1.31. The van der Waals surface area contributed by atoms with Gasteiger partial charge in [0.25, 0.3) is 0 Å². The lowest BCUT2D eigenvalue weighted by Gasteiger charge is -2.65. The van der Waals surface area contributed by atoms with Crippen LogP contribution in [0.4, 0.5) is 0 Å². The number of rotatable bonds is 1. The van der Waals surface area contributed by atoms with Gasteiger partial charge in [-0.2, -0.15) is 0 Å². The minimum Gasteiger partial charge on any atom is -0.461 e. The number of hydrogen-bond acceptors (Lipinski definition) is 9. The molecule has 9 nitrogen and oxygen atoms in total. The Labute approximate surface area is 246 Å². The van der Waals surface area contributed by atoms with Gasteiger partial charge in [-0.25, -0.2) is 0 Å². The maximum absolute atomic E-state index is 15.2. The molecule has 1 spiro atoms. The third-order valence-corrected chi connectivity index (χ3v) is 15.1. The fourth-order valence-electron chi connectivity index (χ4n) is 12.8. The fraction of sp³-hybridized carbons (Fsp3) is 0.848. The van der Waals surface area contributed by atoms with Crippen molar-refractivity contribution >= 4 is 17.5 Å². The number of Topliss-reactive ketones (excluding diaryl/α,β-unsaturated/α-hetero) is 2. The molecule has 0 aromatic carbocycles. The summed E-state index contributed by atoms with van der Waals surface area (Å²) in [6, 6.07) is 0. The van der Waals surface area contributed by atoms with Gasteiger partial charge in [0.15, 0.2) is 5.78 Å². The summed E-state index contributed by atoms with van der Waals surface area (Å²) in [4.78, 5) is 41.8. The van der Waals surface area contributed by atoms with Crippen LogP contribution in [-0.2, 0) is 33.3 Å². The summed E-state index contributed by atoms with van der Waals surface area (Å²) in [5.74, 6) is -4.56. The molecule has 42 heavy (non-hydrogen) atoms. The van der Waals surface area contributed by atoms with Gasteiger partial charge in [-0.05, 0) is 55.3 Å². The van der Waals surface area contributed by atoms with Gasteiger partial charge in [-0.15, -0.1) is 0 Å². The minimum absolute atomic E-state index is 0.00600. The highest BCUT2D eigenvalue weighted by molar-refractivity contribution is 5.93. The Bertz CT molecular complexity index is 1360. The van der Waals surface area contributed by atoms with Crippen molar-refractivity contribution in [2.24, 2.45) is 69.5 Å². The van der Waals surface area contributed by atoms with E-state index in [0.717, 1.165) is 0 Å². The van der Waals surface area contributed by atoms with Gasteiger partial charge >= 0.3 is 5.97 Å². The van der Waals surface area contributed by atoms with E-state index in [2.05, 4.69) is 34.3 Å². The van der Waals surface area contributed by atoms with Crippen LogP contribution < -0.4 is 0 Å². The standard InChI is InChI=1S/C33H44O9/c1-11-13(3)29(6)20-12(2)27-33(42-27)31(8,32(9,38)14(4)41-33)22(20)25(37)21(29)18-19(11)30(7)16(23(35)24(18)36)10-17-26(40-17)28(30)39-15(5)34/h11-13,16-22,24,26-28,36,38H,4,10H2,1-3,5-9H3/t11?,12-,13-,16+,17-,18?,19?,20-,21+,22-,24?,26-,27+,28-,29+,30-,31-,32+,33+/m0/s1. The van der Waals surface area contributed by atoms with Crippen LogP contribution in [0.1, 0.15) is 61.8 Å². The molecule has 9 heteroatoms. The molecule has 2 N–H and O–H groups in total. The third kappa shape index (κ3) is 2.54. The zero-order chi connectivity index (χ0) is 30.4. The molecule has 0 bridgehead atoms. The molecule has 19 atom stereocenters. The van der Waals surface area contributed by atoms with Crippen molar-refractivity contribution in [2.45, 2.75) is 104 Å². The monoisotopic (exact) mass is 584 g/mol. The summed E-state index contributed by atoms with van der Waals surface area (Å²) in [6.45, 7) is 19.7. The molecule has 5 saturated carbocycles. The van der Waals surface area contributed by atoms with Crippen LogP contribution >= 0.6 is 0 Å². The van der Waals surface area contributed by atoms with E-state index in [9.17, 15) is 19.8 Å². The number of carbonyl (C=O) groups is 3. The van der Waals surface area contributed by atoms with Crippen LogP contribution in [0.2, 0.25) is 0 Å². The summed E-state index contributed by atoms with van der Waals surface area (Å²) < 4.78 is 24.5. The van der Waals surface area contributed by atoms with Gasteiger partial charge in [0.2, 0.25) is 5.79 Å². The SMILES string of the molecule is C=C1O[C@@]23O[C@@H]2[C@@H](C)[C@H]2[C@@H](C(=O)[C@H]4C5C(O)C(=O)[C@H]6C[C@@H]7O[C@@H]7[C@H](OC(C)=O)[C@]6(C)C5C(C)[C@H](C)[C@]24C)[C@@]3(C)[C@]1(C)O. The molecule has 0 aromatic heterocycles. The first kappa shape index (κ1) is 27.7. The van der Waals surface area contributed by atoms with Crippen LogP contribution in [0.5, 0.6) is 0 Å². The Morgan fingerprint density at radius 3 is 2.31 bits per heavy atom. The molecule has 8 aliphatic rings. The van der Waals surface area contributed by atoms with E-state index in [1.165, 1.54) is 6.92 Å². The second-order valence-electron chi connectivity index (χ2n) is 16.0. The molecule has 0 radical (unpaired) electrons. The Morgan fingerprint density at radius 1 is 1.00 bits per heavy atom. The molecule has 5 aliphatic carbocycles. The maximum atomic E-state index is 15.2. The summed E-state index contributed by atoms with van der Waals surface area (Å²) >= 11 is 0. The summed E-state index contributed by atoms with van der Waals surface area (Å²) in [6.07, 6.45) is -2.21. The molecule has 8 rings (SSSR count). The van der Waals surface area contributed by atoms with Crippen molar-refractivity contribution in [3.63, 3.8) is 0 Å². The highest BCUT2D eigenvalue weighted by Crippen LogP contribution is 2.81. The van der Waals surface area contributed by atoms with Crippen molar-refractivity contribution < 1.29 is 43.5 Å². The number of carbonyl (C=O) groups excluding carboxylic acids is 3. The molecule has 3 heterocycles. The smallest absolute Gasteiger partial charge is 0.303 e. The van der Waals surface area contributed by atoms with E-state index in [0.29, 0.717) is 6.42 Å². The van der Waals surface area contributed by atoms with E-state index in [4.69, 9.17) is 18.9 Å². The number of ketones is 2. The van der Waals surface area contributed by atoms with E-state index in [1.54, 1.807) is 6.92 Å². The van der Waals surface area contributed by atoms with Gasteiger partial charge in [0.1, 0.15) is 41.6 Å². The normalized spacial score (nSPS) is 65.0. The molecule has 3 saturated heterocycles. The van der Waals surface area contributed by atoms with E-state index >= 15 is 4.79 Å². The number of epoxide rings is 2. The van der Waals surface area contributed by atoms with Gasteiger partial charge in [-0.3, -0.25) is 14.4 Å². The summed E-state index contributed by atoms with van der Waals surface area (Å²) in [7, 11) is 0. The molecule has 3 aliphatic heterocycles. The van der Waals surface area contributed by atoms with E-state index in [-0.39, 0.29) is 65.2 Å². The van der Waals surface area contributed by atoms with E-state index in [1.807, 2.05) is 13.8 Å². The Hall–Kier alpha value is -1.81. The molecule has 0 amide bonds. The van der Waals surface area contributed by atoms with Crippen molar-refractivity contribution in [1.82, 2.24) is 0 Å². The van der Waals surface area contributed by atoms with Crippen LogP contribution in [0.3, 0.4) is 0 Å². The average Bonchev–Trinajstić information content (AvgIpc) is 3.81. The predicted molar refractivity (Wildman–Crippen MR) is 146 cm³/mol. The zero-order valence-electron chi connectivity index (χ0n) is 25.7. The quantitative estimate of drug-likeness (QED) is 0.352. The predicted octanol–water partition coefficient (Wildman–Crippen LogP) is 2.66. The van der Waals surface area contributed by atoms with Crippen molar-refractivity contribution in [2.75, 3.05) is 0 Å². The number of ether oxygens (including phenoxy) is 4. The number of esters is 1. The lowest BCUT2D eigenvalue weighted by Crippen LogP contribution is -2.70. The maximum Gasteiger partial charge on any atom is 0.303 e. The number of hydrogen-bond donors (Lipinski definition) is 2. The number of aliphatic hydroxyl groups is 2. The lowest BCUT2D eigenvalue weighted by molar-refractivity contribution is -0.228. The zero-order valence-corrected chi connectivity index (χ0v) is 25.7. The molecule has 4 unspecified atom stereocenters. The van der Waals surface area contributed by atoms with Crippen molar-refractivity contribution in [3.05, 3.63) is 12.3 Å². The fourth-order valence-corrected chi connectivity index (χ4v) is 12.8. The lowest BCUT2D eigenvalue weighted by atomic mass is 9.38.